The van der Waals surface area contributed by atoms with Gasteiger partial charge < -0.3 is 4.90 Å². The van der Waals surface area contributed by atoms with Crippen molar-refractivity contribution in [3.05, 3.63) is 29.8 Å². The Bertz CT molecular complexity index is 365. The molecule has 1 heterocycles. The minimum atomic E-state index is 0.967. The maximum atomic E-state index is 3.59. The van der Waals surface area contributed by atoms with Crippen molar-refractivity contribution < 1.29 is 0 Å². The van der Waals surface area contributed by atoms with Crippen molar-refractivity contribution in [2.75, 3.05) is 18.0 Å². The van der Waals surface area contributed by atoms with E-state index >= 15 is 0 Å². The molecule has 1 aromatic carbocycles. The molecule has 1 saturated heterocycles. The molecule has 2 atom stereocenters. The van der Waals surface area contributed by atoms with E-state index in [0.717, 1.165) is 17.2 Å². The van der Waals surface area contributed by atoms with Crippen LogP contribution in [0.15, 0.2) is 24.3 Å². The van der Waals surface area contributed by atoms with Crippen molar-refractivity contribution in [1.82, 2.24) is 0 Å². The predicted molar refractivity (Wildman–Crippen MR) is 72.1 cm³/mol. The first-order valence-electron chi connectivity index (χ1n) is 6.27. The zero-order valence-corrected chi connectivity index (χ0v) is 11.1. The molecule has 2 fully saturated rings. The number of rotatable bonds is 2. The fraction of sp³-hybridized carbons (Fsp3) is 0.571. The third-order valence-electron chi connectivity index (χ3n) is 4.20. The summed E-state index contributed by atoms with van der Waals surface area (Å²) < 4.78 is 0. The van der Waals surface area contributed by atoms with Gasteiger partial charge in [0.1, 0.15) is 0 Å². The lowest BCUT2D eigenvalue weighted by atomic mass is 10.0. The van der Waals surface area contributed by atoms with Gasteiger partial charge in [0.2, 0.25) is 0 Å². The van der Waals surface area contributed by atoms with Crippen LogP contribution in [0.1, 0.15) is 24.8 Å². The lowest BCUT2D eigenvalue weighted by Gasteiger charge is -2.22. The van der Waals surface area contributed by atoms with E-state index in [4.69, 9.17) is 0 Å². The maximum absolute atomic E-state index is 3.59. The summed E-state index contributed by atoms with van der Waals surface area (Å²) in [5, 5.41) is 0.967. The van der Waals surface area contributed by atoms with Gasteiger partial charge in [0, 0.05) is 24.1 Å². The number of halogens is 1. The first-order chi connectivity index (χ1) is 7.88. The summed E-state index contributed by atoms with van der Waals surface area (Å²) in [7, 11) is 0. The van der Waals surface area contributed by atoms with E-state index in [1.165, 1.54) is 43.6 Å². The lowest BCUT2D eigenvalue weighted by molar-refractivity contribution is 0.494. The minimum Gasteiger partial charge on any atom is -0.371 e. The second kappa shape index (κ2) is 4.40. The Kier molecular flexibility index (Phi) is 2.93. The van der Waals surface area contributed by atoms with Gasteiger partial charge in [-0.25, -0.2) is 0 Å². The fourth-order valence-corrected chi connectivity index (χ4v) is 3.84. The van der Waals surface area contributed by atoms with Crippen LogP contribution < -0.4 is 4.90 Å². The SMILES string of the molecule is BrCc1ccccc1N1CC2CCCC2C1. The molecule has 2 aliphatic rings. The maximum Gasteiger partial charge on any atom is 0.0407 e. The molecule has 86 valence electrons. The van der Waals surface area contributed by atoms with Crippen molar-refractivity contribution in [2.45, 2.75) is 24.6 Å². The highest BCUT2D eigenvalue weighted by Gasteiger charge is 2.36. The van der Waals surface area contributed by atoms with Crippen LogP contribution in [-0.4, -0.2) is 13.1 Å². The van der Waals surface area contributed by atoms with Crippen molar-refractivity contribution in [3.8, 4) is 0 Å². The minimum absolute atomic E-state index is 0.967. The molecule has 1 aromatic rings. The van der Waals surface area contributed by atoms with Crippen LogP contribution in [-0.2, 0) is 5.33 Å². The van der Waals surface area contributed by atoms with Crippen LogP contribution >= 0.6 is 15.9 Å². The fourth-order valence-electron chi connectivity index (χ4n) is 3.36. The van der Waals surface area contributed by atoms with Gasteiger partial charge in [-0.15, -0.1) is 0 Å². The number of hydrogen-bond acceptors (Lipinski definition) is 1. The molecule has 2 unspecified atom stereocenters. The van der Waals surface area contributed by atoms with E-state index in [2.05, 4.69) is 45.1 Å². The predicted octanol–water partition coefficient (Wildman–Crippen LogP) is 3.82. The molecule has 0 amide bonds. The Morgan fingerprint density at radius 1 is 1.12 bits per heavy atom. The number of hydrogen-bond donors (Lipinski definition) is 0. The van der Waals surface area contributed by atoms with Crippen molar-refractivity contribution in [2.24, 2.45) is 11.8 Å². The highest BCUT2D eigenvalue weighted by Crippen LogP contribution is 2.40. The summed E-state index contributed by atoms with van der Waals surface area (Å²) in [5.41, 5.74) is 2.89. The summed E-state index contributed by atoms with van der Waals surface area (Å²) in [5.74, 6) is 1.95. The topological polar surface area (TPSA) is 3.24 Å². The van der Waals surface area contributed by atoms with Gasteiger partial charge in [-0.3, -0.25) is 0 Å². The molecule has 0 radical (unpaired) electrons. The monoisotopic (exact) mass is 279 g/mol. The van der Waals surface area contributed by atoms with E-state index in [1.54, 1.807) is 0 Å². The van der Waals surface area contributed by atoms with Crippen LogP contribution in [0.5, 0.6) is 0 Å². The van der Waals surface area contributed by atoms with Gasteiger partial charge in [0.25, 0.3) is 0 Å². The zero-order valence-electron chi connectivity index (χ0n) is 9.53. The van der Waals surface area contributed by atoms with Crippen molar-refractivity contribution in [1.29, 1.82) is 0 Å². The summed E-state index contributed by atoms with van der Waals surface area (Å²) >= 11 is 3.59. The second-order valence-corrected chi connectivity index (χ2v) is 5.68. The smallest absolute Gasteiger partial charge is 0.0407 e. The molecule has 16 heavy (non-hydrogen) atoms. The van der Waals surface area contributed by atoms with Crippen LogP contribution in [0, 0.1) is 11.8 Å². The number of para-hydroxylation sites is 1. The van der Waals surface area contributed by atoms with E-state index in [-0.39, 0.29) is 0 Å². The molecular weight excluding hydrogens is 262 g/mol. The van der Waals surface area contributed by atoms with Gasteiger partial charge in [-0.2, -0.15) is 0 Å². The lowest BCUT2D eigenvalue weighted by Crippen LogP contribution is -2.21. The van der Waals surface area contributed by atoms with Gasteiger partial charge in [-0.05, 0) is 36.3 Å². The molecule has 0 N–H and O–H groups in total. The van der Waals surface area contributed by atoms with E-state index in [0.29, 0.717) is 0 Å². The molecule has 2 heteroatoms. The molecule has 1 nitrogen and oxygen atoms in total. The Labute approximate surface area is 106 Å². The standard InChI is InChI=1S/C14H18BrN/c15-8-11-4-1-2-7-14(11)16-9-12-5-3-6-13(12)10-16/h1-2,4,7,12-13H,3,5-6,8-10H2. The Morgan fingerprint density at radius 2 is 1.81 bits per heavy atom. The van der Waals surface area contributed by atoms with Gasteiger partial charge in [-0.1, -0.05) is 40.5 Å². The average Bonchev–Trinajstić information content (AvgIpc) is 2.89. The quantitative estimate of drug-likeness (QED) is 0.744. The largest absolute Gasteiger partial charge is 0.371 e. The number of nitrogens with zero attached hydrogens (tertiary/aromatic N) is 1. The van der Waals surface area contributed by atoms with Gasteiger partial charge >= 0.3 is 0 Å². The molecule has 1 aliphatic carbocycles. The Hall–Kier alpha value is -0.500. The van der Waals surface area contributed by atoms with Crippen molar-refractivity contribution in [3.63, 3.8) is 0 Å². The van der Waals surface area contributed by atoms with Crippen molar-refractivity contribution >= 4 is 21.6 Å². The van der Waals surface area contributed by atoms with Crippen LogP contribution in [0.3, 0.4) is 0 Å². The van der Waals surface area contributed by atoms with Gasteiger partial charge in [0.05, 0.1) is 0 Å². The molecule has 3 rings (SSSR count). The molecule has 1 saturated carbocycles. The first-order valence-corrected chi connectivity index (χ1v) is 7.39. The number of alkyl halides is 1. The van der Waals surface area contributed by atoms with Gasteiger partial charge in [0.15, 0.2) is 0 Å². The molecule has 0 aromatic heterocycles. The summed E-state index contributed by atoms with van der Waals surface area (Å²) in [6.45, 7) is 2.57. The van der Waals surface area contributed by atoms with Crippen LogP contribution in [0.2, 0.25) is 0 Å². The highest BCUT2D eigenvalue weighted by molar-refractivity contribution is 9.08. The normalized spacial score (nSPS) is 28.4. The third kappa shape index (κ3) is 1.77. The second-order valence-electron chi connectivity index (χ2n) is 5.12. The zero-order chi connectivity index (χ0) is 11.0. The summed E-state index contributed by atoms with van der Waals surface area (Å²) in [6, 6.07) is 8.81. The Balaban J connectivity index is 1.83. The number of fused-ring (bicyclic) bond motifs is 1. The Morgan fingerprint density at radius 3 is 2.50 bits per heavy atom. The van der Waals surface area contributed by atoms with Crippen LogP contribution in [0.4, 0.5) is 5.69 Å². The number of anilines is 1. The molecule has 0 bridgehead atoms. The van der Waals surface area contributed by atoms with Crippen LogP contribution in [0.25, 0.3) is 0 Å². The summed E-state index contributed by atoms with van der Waals surface area (Å²) in [6.07, 6.45) is 4.37. The molecular formula is C14H18BrN. The summed E-state index contributed by atoms with van der Waals surface area (Å²) in [4.78, 5) is 2.60. The first kappa shape index (κ1) is 10.6. The molecule has 1 aliphatic heterocycles. The molecule has 0 spiro atoms. The average molecular weight is 280 g/mol. The third-order valence-corrected chi connectivity index (χ3v) is 4.81. The van der Waals surface area contributed by atoms with E-state index < -0.39 is 0 Å². The number of benzene rings is 1. The van der Waals surface area contributed by atoms with E-state index in [9.17, 15) is 0 Å². The highest BCUT2D eigenvalue weighted by atomic mass is 79.9. The van der Waals surface area contributed by atoms with E-state index in [1.807, 2.05) is 0 Å².